The molecule has 1 amide bonds. The molecular weight excluding hydrogens is 288 g/mol. The zero-order valence-corrected chi connectivity index (χ0v) is 12.6. The Morgan fingerprint density at radius 3 is 2.95 bits per heavy atom. The minimum absolute atomic E-state index is 0.162. The third kappa shape index (κ3) is 5.39. The summed E-state index contributed by atoms with van der Waals surface area (Å²) in [6, 6.07) is 5.04. The van der Waals surface area contributed by atoms with Crippen LogP contribution in [0.1, 0.15) is 28.8 Å². The Balaban J connectivity index is 1.79. The van der Waals surface area contributed by atoms with Crippen LogP contribution < -0.4 is 11.1 Å². The summed E-state index contributed by atoms with van der Waals surface area (Å²) in [5.41, 5.74) is 6.50. The van der Waals surface area contributed by atoms with Gasteiger partial charge in [-0.15, -0.1) is 0 Å². The molecule has 0 aromatic heterocycles. The third-order valence-electron chi connectivity index (χ3n) is 3.14. The van der Waals surface area contributed by atoms with Gasteiger partial charge in [0, 0.05) is 24.3 Å². The lowest BCUT2D eigenvalue weighted by Gasteiger charge is -2.07. The van der Waals surface area contributed by atoms with E-state index in [-0.39, 0.29) is 12.5 Å². The van der Waals surface area contributed by atoms with Crippen LogP contribution in [0.25, 0.3) is 0 Å². The van der Waals surface area contributed by atoms with Crippen molar-refractivity contribution in [2.75, 3.05) is 26.3 Å². The molecule has 0 spiro atoms. The highest BCUT2D eigenvalue weighted by Crippen LogP contribution is 2.28. The van der Waals surface area contributed by atoms with Crippen molar-refractivity contribution >= 4 is 17.5 Å². The fourth-order valence-corrected chi connectivity index (χ4v) is 2.01. The highest BCUT2D eigenvalue weighted by molar-refractivity contribution is 6.32. The number of carbonyl (C=O) groups is 1. The van der Waals surface area contributed by atoms with Gasteiger partial charge in [-0.05, 0) is 37.0 Å². The fraction of sp³-hybridized carbons (Fsp3) is 0.438. The van der Waals surface area contributed by atoms with Crippen LogP contribution in [0, 0.1) is 17.8 Å². The summed E-state index contributed by atoms with van der Waals surface area (Å²) >= 11 is 6.09. The SMILES string of the molecule is NCC#Cc1ccc(C(=O)NCCOCC2CC2)cc1Cl. The molecule has 1 aliphatic rings. The number of amides is 1. The summed E-state index contributed by atoms with van der Waals surface area (Å²) in [5.74, 6) is 6.17. The quantitative estimate of drug-likeness (QED) is 0.622. The van der Waals surface area contributed by atoms with Crippen molar-refractivity contribution in [1.29, 1.82) is 0 Å². The number of nitrogens with one attached hydrogen (secondary N) is 1. The van der Waals surface area contributed by atoms with Crippen LogP contribution in [0.5, 0.6) is 0 Å². The molecule has 0 bridgehead atoms. The third-order valence-corrected chi connectivity index (χ3v) is 3.45. The Morgan fingerprint density at radius 1 is 1.48 bits per heavy atom. The van der Waals surface area contributed by atoms with Gasteiger partial charge < -0.3 is 15.8 Å². The molecule has 0 atom stereocenters. The first kappa shape index (κ1) is 15.8. The molecule has 1 aliphatic carbocycles. The second kappa shape index (κ2) is 8.04. The van der Waals surface area contributed by atoms with E-state index in [4.69, 9.17) is 22.1 Å². The average molecular weight is 307 g/mol. The lowest BCUT2D eigenvalue weighted by Crippen LogP contribution is -2.27. The van der Waals surface area contributed by atoms with Crippen molar-refractivity contribution in [2.24, 2.45) is 11.7 Å². The predicted molar refractivity (Wildman–Crippen MR) is 83.3 cm³/mol. The fourth-order valence-electron chi connectivity index (χ4n) is 1.78. The van der Waals surface area contributed by atoms with Gasteiger partial charge in [-0.2, -0.15) is 0 Å². The molecule has 1 aromatic rings. The second-order valence-electron chi connectivity index (χ2n) is 4.97. The highest BCUT2D eigenvalue weighted by Gasteiger charge is 2.20. The molecule has 1 fully saturated rings. The maximum atomic E-state index is 12.0. The first-order chi connectivity index (χ1) is 10.2. The number of hydrogen-bond acceptors (Lipinski definition) is 3. The van der Waals surface area contributed by atoms with Crippen LogP contribution in [0.2, 0.25) is 5.02 Å². The average Bonchev–Trinajstić information content (AvgIpc) is 3.29. The first-order valence-corrected chi connectivity index (χ1v) is 7.43. The second-order valence-corrected chi connectivity index (χ2v) is 5.38. The number of nitrogens with two attached hydrogens (primary N) is 1. The summed E-state index contributed by atoms with van der Waals surface area (Å²) in [6.07, 6.45) is 2.54. The molecule has 1 saturated carbocycles. The van der Waals surface area contributed by atoms with E-state index in [9.17, 15) is 4.79 Å². The van der Waals surface area contributed by atoms with E-state index in [2.05, 4.69) is 17.2 Å². The van der Waals surface area contributed by atoms with Crippen molar-refractivity contribution in [3.05, 3.63) is 34.3 Å². The number of halogens is 1. The molecule has 1 aromatic carbocycles. The Morgan fingerprint density at radius 2 is 2.29 bits per heavy atom. The molecule has 21 heavy (non-hydrogen) atoms. The van der Waals surface area contributed by atoms with E-state index >= 15 is 0 Å². The summed E-state index contributed by atoms with van der Waals surface area (Å²) in [5, 5.41) is 3.26. The molecule has 112 valence electrons. The van der Waals surface area contributed by atoms with Crippen LogP contribution in [0.4, 0.5) is 0 Å². The predicted octanol–water partition coefficient (Wildman–Crippen LogP) is 1.81. The molecule has 0 unspecified atom stereocenters. The maximum absolute atomic E-state index is 12.0. The molecule has 4 nitrogen and oxygen atoms in total. The highest BCUT2D eigenvalue weighted by atomic mass is 35.5. The zero-order valence-electron chi connectivity index (χ0n) is 11.8. The Labute approximate surface area is 130 Å². The van der Waals surface area contributed by atoms with Crippen LogP contribution >= 0.6 is 11.6 Å². The Bertz CT molecular complexity index is 559. The van der Waals surface area contributed by atoms with Gasteiger partial charge >= 0.3 is 0 Å². The van der Waals surface area contributed by atoms with Crippen LogP contribution in [0.15, 0.2) is 18.2 Å². The van der Waals surface area contributed by atoms with Crippen molar-refractivity contribution in [3.8, 4) is 11.8 Å². The van der Waals surface area contributed by atoms with Gasteiger partial charge in [-0.25, -0.2) is 0 Å². The van der Waals surface area contributed by atoms with E-state index in [0.717, 1.165) is 12.5 Å². The molecule has 3 N–H and O–H groups in total. The van der Waals surface area contributed by atoms with E-state index in [1.807, 2.05) is 0 Å². The summed E-state index contributed by atoms with van der Waals surface area (Å²) in [7, 11) is 0. The first-order valence-electron chi connectivity index (χ1n) is 7.05. The molecule has 5 heteroatoms. The lowest BCUT2D eigenvalue weighted by atomic mass is 10.1. The number of hydrogen-bond donors (Lipinski definition) is 2. The van der Waals surface area contributed by atoms with Gasteiger partial charge in [0.1, 0.15) is 0 Å². The number of rotatable bonds is 6. The number of carbonyl (C=O) groups excluding carboxylic acids is 1. The van der Waals surface area contributed by atoms with E-state index < -0.39 is 0 Å². The van der Waals surface area contributed by atoms with Gasteiger partial charge in [-0.1, -0.05) is 23.4 Å². The topological polar surface area (TPSA) is 64.4 Å². The van der Waals surface area contributed by atoms with Gasteiger partial charge in [-0.3, -0.25) is 4.79 Å². The molecular formula is C16H19ClN2O2. The van der Waals surface area contributed by atoms with Gasteiger partial charge in [0.25, 0.3) is 5.91 Å². The minimum Gasteiger partial charge on any atom is -0.379 e. The zero-order chi connectivity index (χ0) is 15.1. The van der Waals surface area contributed by atoms with Gasteiger partial charge in [0.15, 0.2) is 0 Å². The normalized spacial score (nSPS) is 13.4. The summed E-state index contributed by atoms with van der Waals surface area (Å²) < 4.78 is 5.46. The van der Waals surface area contributed by atoms with Gasteiger partial charge in [0.05, 0.1) is 18.2 Å². The molecule has 0 aliphatic heterocycles. The van der Waals surface area contributed by atoms with Crippen molar-refractivity contribution in [1.82, 2.24) is 5.32 Å². The summed E-state index contributed by atoms with van der Waals surface area (Å²) in [4.78, 5) is 12.0. The van der Waals surface area contributed by atoms with Crippen LogP contribution in [0.3, 0.4) is 0 Å². The molecule has 2 rings (SSSR count). The molecule has 0 saturated heterocycles. The van der Waals surface area contributed by atoms with Crippen molar-refractivity contribution in [3.63, 3.8) is 0 Å². The number of ether oxygens (including phenoxy) is 1. The largest absolute Gasteiger partial charge is 0.379 e. The maximum Gasteiger partial charge on any atom is 0.251 e. The summed E-state index contributed by atoms with van der Waals surface area (Å²) in [6.45, 7) is 2.11. The van der Waals surface area contributed by atoms with Crippen molar-refractivity contribution < 1.29 is 9.53 Å². The van der Waals surface area contributed by atoms with E-state index in [1.165, 1.54) is 12.8 Å². The molecule has 0 heterocycles. The number of benzene rings is 1. The Hall–Kier alpha value is -1.54. The van der Waals surface area contributed by atoms with Crippen LogP contribution in [-0.2, 0) is 4.74 Å². The van der Waals surface area contributed by atoms with Crippen LogP contribution in [-0.4, -0.2) is 32.2 Å². The minimum atomic E-state index is -0.162. The standard InChI is InChI=1S/C16H19ClN2O2/c17-15-10-14(6-5-13(15)2-1-7-18)16(20)19-8-9-21-11-12-3-4-12/h5-6,10,12H,3-4,7-9,11,18H2,(H,19,20). The monoisotopic (exact) mass is 306 g/mol. The lowest BCUT2D eigenvalue weighted by molar-refractivity contribution is 0.0906. The smallest absolute Gasteiger partial charge is 0.251 e. The molecule has 0 radical (unpaired) electrons. The van der Waals surface area contributed by atoms with E-state index in [0.29, 0.717) is 29.3 Å². The van der Waals surface area contributed by atoms with E-state index in [1.54, 1.807) is 18.2 Å². The Kier molecular flexibility index (Phi) is 6.06. The van der Waals surface area contributed by atoms with Gasteiger partial charge in [0.2, 0.25) is 0 Å². The van der Waals surface area contributed by atoms with Crippen molar-refractivity contribution in [2.45, 2.75) is 12.8 Å².